The van der Waals surface area contributed by atoms with Crippen LogP contribution in [0.4, 0.5) is 18.9 Å². The van der Waals surface area contributed by atoms with Gasteiger partial charge in [0.2, 0.25) is 0 Å². The quantitative estimate of drug-likeness (QED) is 0.541. The lowest BCUT2D eigenvalue weighted by atomic mass is 9.48. The molecule has 0 aromatic heterocycles. The molecule has 0 spiro atoms. The van der Waals surface area contributed by atoms with Gasteiger partial charge < -0.3 is 15.5 Å². The number of carbonyl (C=O) groups is 1. The predicted molar refractivity (Wildman–Crippen MR) is 114 cm³/mol. The third kappa shape index (κ3) is 3.82. The van der Waals surface area contributed by atoms with Crippen LogP contribution in [0.3, 0.4) is 0 Å². The second kappa shape index (κ2) is 8.26. The molecular weight excluding hydrogens is 483 g/mol. The van der Waals surface area contributed by atoms with Crippen molar-refractivity contribution in [1.29, 1.82) is 0 Å². The molecule has 0 saturated heterocycles. The summed E-state index contributed by atoms with van der Waals surface area (Å²) >= 11 is 6.14. The normalized spacial score (nSPS) is 28.8. The molecule has 2 unspecified atom stereocenters. The zero-order chi connectivity index (χ0) is 24.3. The van der Waals surface area contributed by atoms with E-state index in [4.69, 9.17) is 11.6 Å². The molecule has 11 heteroatoms. The van der Waals surface area contributed by atoms with Crippen LogP contribution in [-0.4, -0.2) is 42.0 Å². The van der Waals surface area contributed by atoms with Gasteiger partial charge in [-0.3, -0.25) is 4.79 Å². The van der Waals surface area contributed by atoms with Crippen LogP contribution in [0.25, 0.3) is 0 Å². The Bertz CT molecular complexity index is 1200. The monoisotopic (exact) mass is 503 g/mol. The van der Waals surface area contributed by atoms with E-state index in [1.165, 1.54) is 12.1 Å². The molecule has 0 heterocycles. The largest absolute Gasteiger partial charge is 0.393 e. The van der Waals surface area contributed by atoms with Crippen molar-refractivity contribution < 1.29 is 36.6 Å². The number of nitrogens with one attached hydrogen (secondary N) is 1. The van der Waals surface area contributed by atoms with Crippen LogP contribution in [-0.2, 0) is 9.84 Å². The summed E-state index contributed by atoms with van der Waals surface area (Å²) in [5.41, 5.74) is -1.78. The molecule has 2 atom stereocenters. The highest BCUT2D eigenvalue weighted by Gasteiger charge is 2.64. The van der Waals surface area contributed by atoms with Crippen molar-refractivity contribution >= 4 is 33.0 Å². The molecule has 3 aliphatic carbocycles. The average molecular weight is 504 g/mol. The topological polar surface area (TPSA) is 104 Å². The van der Waals surface area contributed by atoms with Crippen LogP contribution in [0.1, 0.15) is 30.1 Å². The molecule has 1 amide bonds. The van der Waals surface area contributed by atoms with E-state index in [1.807, 2.05) is 6.92 Å². The van der Waals surface area contributed by atoms with Crippen LogP contribution >= 0.6 is 11.6 Å². The maximum atomic E-state index is 13.4. The number of rotatable bonds is 5. The minimum atomic E-state index is -4.00. The van der Waals surface area contributed by atoms with Gasteiger partial charge in [0, 0.05) is 23.4 Å². The number of benzene rings is 2. The fourth-order valence-corrected chi connectivity index (χ4v) is 7.56. The zero-order valence-electron chi connectivity index (χ0n) is 17.4. The second-order valence-corrected chi connectivity index (χ2v) is 11.3. The molecule has 3 fully saturated rings. The lowest BCUT2D eigenvalue weighted by Gasteiger charge is -2.62. The molecule has 2 aromatic rings. The van der Waals surface area contributed by atoms with Gasteiger partial charge >= 0.3 is 0 Å². The smallest absolute Gasteiger partial charge is 0.255 e. The molecule has 0 radical (unpaired) electrons. The van der Waals surface area contributed by atoms with Gasteiger partial charge in [0.25, 0.3) is 5.91 Å². The van der Waals surface area contributed by atoms with Gasteiger partial charge in [-0.25, -0.2) is 21.6 Å². The van der Waals surface area contributed by atoms with Crippen LogP contribution in [0.5, 0.6) is 0 Å². The fraction of sp³-hybridized carbons (Fsp3) is 0.409. The molecule has 33 heavy (non-hydrogen) atoms. The van der Waals surface area contributed by atoms with Crippen LogP contribution in [0.15, 0.2) is 35.2 Å². The van der Waals surface area contributed by atoms with Gasteiger partial charge in [0.1, 0.15) is 0 Å². The number of aliphatic hydroxyl groups is 2. The molecule has 5 rings (SSSR count). The minimum absolute atomic E-state index is 0.0673. The highest BCUT2D eigenvalue weighted by molar-refractivity contribution is 7.92. The Morgan fingerprint density at radius 2 is 1.73 bits per heavy atom. The number of hydrogen-bond acceptors (Lipinski definition) is 5. The van der Waals surface area contributed by atoms with Crippen LogP contribution < -0.4 is 5.32 Å². The van der Waals surface area contributed by atoms with E-state index < -0.39 is 50.7 Å². The van der Waals surface area contributed by atoms with Gasteiger partial charge in [-0.2, -0.15) is 0 Å². The average Bonchev–Trinajstić information content (AvgIpc) is 2.77. The lowest BCUT2D eigenvalue weighted by molar-refractivity contribution is -0.233. The van der Waals surface area contributed by atoms with Crippen LogP contribution in [0, 0.1) is 35.2 Å². The van der Waals surface area contributed by atoms with E-state index in [0.717, 1.165) is 6.07 Å². The Kier molecular flexibility index (Phi) is 6.01. The van der Waals surface area contributed by atoms with Crippen molar-refractivity contribution in [3.05, 3.63) is 58.4 Å². The lowest BCUT2D eigenvalue weighted by Crippen LogP contribution is -2.68. The zero-order valence-corrected chi connectivity index (χ0v) is 18.9. The van der Waals surface area contributed by atoms with E-state index in [0.29, 0.717) is 12.1 Å². The molecule has 0 aliphatic heterocycles. The molecular formula is C22H21ClF3NO5S. The van der Waals surface area contributed by atoms with Gasteiger partial charge in [-0.15, -0.1) is 0 Å². The predicted octanol–water partition coefficient (Wildman–Crippen LogP) is 3.55. The molecule has 2 aromatic carbocycles. The number of aliphatic hydroxyl groups excluding tert-OH is 1. The fourth-order valence-electron chi connectivity index (χ4n) is 5.21. The number of amides is 1. The van der Waals surface area contributed by atoms with Crippen molar-refractivity contribution in [3.8, 4) is 0 Å². The highest BCUT2D eigenvalue weighted by atomic mass is 35.5. The van der Waals surface area contributed by atoms with Gasteiger partial charge in [0.05, 0.1) is 27.4 Å². The third-order valence-electron chi connectivity index (χ3n) is 7.02. The first-order valence-electron chi connectivity index (χ1n) is 10.2. The molecule has 178 valence electrons. The number of hydrogen-bond donors (Lipinski definition) is 3. The Morgan fingerprint density at radius 3 is 2.27 bits per heavy atom. The Hall–Kier alpha value is -2.14. The number of sulfone groups is 1. The number of carbonyl (C=O) groups excluding carboxylic acids is 1. The summed E-state index contributed by atoms with van der Waals surface area (Å²) in [6.07, 6.45) is 0.274. The third-order valence-corrected chi connectivity index (χ3v) is 9.68. The Morgan fingerprint density at radius 1 is 1.15 bits per heavy atom. The number of fused-ring (bicyclic) bond motifs is 2. The molecule has 2 bridgehead atoms. The van der Waals surface area contributed by atoms with E-state index >= 15 is 0 Å². The van der Waals surface area contributed by atoms with Gasteiger partial charge in [-0.05, 0) is 48.8 Å². The molecule has 3 saturated carbocycles. The van der Waals surface area contributed by atoms with Crippen molar-refractivity contribution in [2.24, 2.45) is 17.8 Å². The number of anilines is 1. The Balaban J connectivity index is 1.59. The van der Waals surface area contributed by atoms with Crippen molar-refractivity contribution in [3.63, 3.8) is 0 Å². The first kappa shape index (κ1) is 24.0. The van der Waals surface area contributed by atoms with E-state index in [9.17, 15) is 36.6 Å². The first-order chi connectivity index (χ1) is 15.4. The van der Waals surface area contributed by atoms with Gasteiger partial charge in [0.15, 0.2) is 27.3 Å². The molecule has 6 nitrogen and oxygen atoms in total. The maximum Gasteiger partial charge on any atom is 0.255 e. The first-order valence-corrected chi connectivity index (χ1v) is 12.1. The minimum Gasteiger partial charge on any atom is -0.393 e. The highest BCUT2D eigenvalue weighted by Crippen LogP contribution is 2.59. The SMILES string of the molecule is CC1C2CC(S(=O)(=O)c3cc(C(=O)Nc4cc(F)c(F)c(F)c4)ccc3Cl)CC1C2(O)CO. The summed E-state index contributed by atoms with van der Waals surface area (Å²) in [5, 5.41) is 21.4. The van der Waals surface area contributed by atoms with Gasteiger partial charge in [-0.1, -0.05) is 18.5 Å². The van der Waals surface area contributed by atoms with Crippen molar-refractivity contribution in [1.82, 2.24) is 0 Å². The van der Waals surface area contributed by atoms with Crippen LogP contribution in [0.2, 0.25) is 5.02 Å². The summed E-state index contributed by atoms with van der Waals surface area (Å²) in [5.74, 6) is -6.22. The number of halogens is 4. The summed E-state index contributed by atoms with van der Waals surface area (Å²) in [6.45, 7) is 1.46. The second-order valence-electron chi connectivity index (χ2n) is 8.71. The molecule has 3 aliphatic rings. The summed E-state index contributed by atoms with van der Waals surface area (Å²) in [4.78, 5) is 12.3. The molecule has 3 N–H and O–H groups in total. The van der Waals surface area contributed by atoms with E-state index in [2.05, 4.69) is 5.32 Å². The van der Waals surface area contributed by atoms with Crippen molar-refractivity contribution in [2.45, 2.75) is 35.5 Å². The van der Waals surface area contributed by atoms with Crippen molar-refractivity contribution in [2.75, 3.05) is 11.9 Å². The maximum absolute atomic E-state index is 13.4. The summed E-state index contributed by atoms with van der Waals surface area (Å²) < 4.78 is 66.6. The van der Waals surface area contributed by atoms with E-state index in [-0.39, 0.29) is 51.8 Å². The summed E-state index contributed by atoms with van der Waals surface area (Å²) in [6, 6.07) is 4.75. The van der Waals surface area contributed by atoms with E-state index in [1.54, 1.807) is 0 Å². The standard InChI is InChI=1S/C22H21ClF3NO5S/c1-10-14-7-13(8-15(10)22(14,30)9-28)33(31,32)19-4-11(2-3-16(19)23)21(29)27-12-5-17(24)20(26)18(25)6-12/h2-6,10,13-15,28,30H,7-9H2,1H3,(H,27,29). The summed E-state index contributed by atoms with van der Waals surface area (Å²) in [7, 11) is -4.00. The Labute approximate surface area is 193 Å².